The Labute approximate surface area is 126 Å². The molecule has 2 fully saturated rings. The molecule has 0 bridgehead atoms. The topological polar surface area (TPSA) is 66.6 Å². The van der Waals surface area contributed by atoms with Crippen molar-refractivity contribution in [2.75, 3.05) is 26.2 Å². The highest BCUT2D eigenvalue weighted by Crippen LogP contribution is 2.26. The van der Waals surface area contributed by atoms with Crippen LogP contribution in [0, 0.1) is 6.92 Å². The quantitative estimate of drug-likeness (QED) is 0.902. The van der Waals surface area contributed by atoms with Gasteiger partial charge in [-0.25, -0.2) is 8.42 Å². The summed E-state index contributed by atoms with van der Waals surface area (Å²) < 4.78 is 27.3. The van der Waals surface area contributed by atoms with Crippen molar-refractivity contribution >= 4 is 10.0 Å². The van der Waals surface area contributed by atoms with Gasteiger partial charge in [0.1, 0.15) is 0 Å². The molecule has 1 atom stereocenters. The third-order valence-corrected chi connectivity index (χ3v) is 6.58. The zero-order valence-corrected chi connectivity index (χ0v) is 13.3. The average Bonchev–Trinajstić information content (AvgIpc) is 2.94. The van der Waals surface area contributed by atoms with Crippen LogP contribution in [0.15, 0.2) is 23.1 Å². The smallest absolute Gasteiger partial charge is 0.243 e. The molecular weight excluding hydrogens is 286 g/mol. The van der Waals surface area contributed by atoms with Crippen molar-refractivity contribution in [3.63, 3.8) is 0 Å². The molecule has 3 rings (SSSR count). The Balaban J connectivity index is 1.85. The van der Waals surface area contributed by atoms with E-state index in [0.29, 0.717) is 30.6 Å². The SMILES string of the molecule is Cc1cc(S(=O)(=O)N2CCN3CCCC3C2)ccc1CN. The Morgan fingerprint density at radius 3 is 2.81 bits per heavy atom. The maximum Gasteiger partial charge on any atom is 0.243 e. The summed E-state index contributed by atoms with van der Waals surface area (Å²) in [6.45, 7) is 5.53. The molecule has 2 saturated heterocycles. The fourth-order valence-corrected chi connectivity index (χ4v) is 4.94. The van der Waals surface area contributed by atoms with Crippen molar-refractivity contribution in [3.8, 4) is 0 Å². The maximum absolute atomic E-state index is 12.8. The van der Waals surface area contributed by atoms with Gasteiger partial charge in [-0.15, -0.1) is 0 Å². The van der Waals surface area contributed by atoms with Gasteiger partial charge in [0, 0.05) is 32.2 Å². The Kier molecular flexibility index (Phi) is 4.05. The predicted octanol–water partition coefficient (Wildman–Crippen LogP) is 0.922. The third-order valence-electron chi connectivity index (χ3n) is 4.72. The first-order chi connectivity index (χ1) is 10.0. The second-order valence-corrected chi connectivity index (χ2v) is 7.93. The van der Waals surface area contributed by atoms with E-state index in [1.807, 2.05) is 13.0 Å². The molecule has 1 aromatic carbocycles. The molecule has 0 aromatic heterocycles. The molecule has 0 saturated carbocycles. The van der Waals surface area contributed by atoms with E-state index >= 15 is 0 Å². The first kappa shape index (κ1) is 15.0. The third kappa shape index (κ3) is 2.73. The summed E-state index contributed by atoms with van der Waals surface area (Å²) in [6.07, 6.45) is 2.29. The zero-order valence-electron chi connectivity index (χ0n) is 12.5. The van der Waals surface area contributed by atoms with Gasteiger partial charge >= 0.3 is 0 Å². The minimum Gasteiger partial charge on any atom is -0.326 e. The summed E-state index contributed by atoms with van der Waals surface area (Å²) in [5, 5.41) is 0. The number of aryl methyl sites for hydroxylation is 1. The number of hydrogen-bond acceptors (Lipinski definition) is 4. The fraction of sp³-hybridized carbons (Fsp3) is 0.600. The van der Waals surface area contributed by atoms with Gasteiger partial charge in [0.2, 0.25) is 10.0 Å². The summed E-state index contributed by atoms with van der Waals surface area (Å²) in [4.78, 5) is 2.80. The number of fused-ring (bicyclic) bond motifs is 1. The van der Waals surface area contributed by atoms with Gasteiger partial charge in [-0.3, -0.25) is 4.90 Å². The van der Waals surface area contributed by atoms with E-state index in [1.165, 1.54) is 6.42 Å². The van der Waals surface area contributed by atoms with Crippen molar-refractivity contribution in [2.45, 2.75) is 37.2 Å². The van der Waals surface area contributed by atoms with Crippen LogP contribution in [0.3, 0.4) is 0 Å². The number of sulfonamides is 1. The number of nitrogens with two attached hydrogens (primary N) is 1. The molecule has 21 heavy (non-hydrogen) atoms. The molecule has 6 heteroatoms. The molecule has 0 spiro atoms. The number of nitrogens with zero attached hydrogens (tertiary/aromatic N) is 2. The molecule has 0 aliphatic carbocycles. The summed E-state index contributed by atoms with van der Waals surface area (Å²) in [6, 6.07) is 5.66. The van der Waals surface area contributed by atoms with Crippen LogP contribution in [0.5, 0.6) is 0 Å². The fourth-order valence-electron chi connectivity index (χ4n) is 3.39. The van der Waals surface area contributed by atoms with Gasteiger partial charge in [0.15, 0.2) is 0 Å². The Bertz CT molecular complexity index is 630. The molecule has 5 nitrogen and oxygen atoms in total. The van der Waals surface area contributed by atoms with Gasteiger partial charge in [0.25, 0.3) is 0 Å². The van der Waals surface area contributed by atoms with Crippen molar-refractivity contribution < 1.29 is 8.42 Å². The average molecular weight is 309 g/mol. The van der Waals surface area contributed by atoms with Gasteiger partial charge < -0.3 is 5.73 Å². The number of piperazine rings is 1. The molecule has 1 aromatic rings. The lowest BCUT2D eigenvalue weighted by Crippen LogP contribution is -2.51. The molecule has 2 aliphatic heterocycles. The normalized spacial score (nSPS) is 24.2. The highest BCUT2D eigenvalue weighted by atomic mass is 32.2. The van der Waals surface area contributed by atoms with Crippen LogP contribution in [0.25, 0.3) is 0 Å². The second-order valence-electron chi connectivity index (χ2n) is 5.99. The standard InChI is InChI=1S/C15H23N3O2S/c1-12-9-15(5-4-13(12)10-16)21(19,20)18-8-7-17-6-2-3-14(17)11-18/h4-5,9,14H,2-3,6-8,10-11,16H2,1H3. The van der Waals surface area contributed by atoms with Crippen LogP contribution in [0.2, 0.25) is 0 Å². The lowest BCUT2D eigenvalue weighted by atomic mass is 10.1. The number of hydrogen-bond donors (Lipinski definition) is 1. The van der Waals surface area contributed by atoms with Crippen LogP contribution in [0.4, 0.5) is 0 Å². The van der Waals surface area contributed by atoms with Crippen LogP contribution >= 0.6 is 0 Å². The maximum atomic E-state index is 12.8. The Hall–Kier alpha value is -0.950. The monoisotopic (exact) mass is 309 g/mol. The van der Waals surface area contributed by atoms with Crippen LogP contribution < -0.4 is 5.73 Å². The summed E-state index contributed by atoms with van der Waals surface area (Å²) in [7, 11) is -3.38. The predicted molar refractivity (Wildman–Crippen MR) is 82.4 cm³/mol. The highest BCUT2D eigenvalue weighted by molar-refractivity contribution is 7.89. The molecule has 2 N–H and O–H groups in total. The summed E-state index contributed by atoms with van der Waals surface area (Å²) in [5.41, 5.74) is 7.58. The first-order valence-electron chi connectivity index (χ1n) is 7.56. The lowest BCUT2D eigenvalue weighted by Gasteiger charge is -2.36. The Morgan fingerprint density at radius 1 is 1.29 bits per heavy atom. The molecule has 0 radical (unpaired) electrons. The molecule has 2 heterocycles. The van der Waals surface area contributed by atoms with E-state index in [0.717, 1.165) is 30.6 Å². The minimum atomic E-state index is -3.38. The van der Waals surface area contributed by atoms with E-state index in [9.17, 15) is 8.42 Å². The minimum absolute atomic E-state index is 0.392. The zero-order chi connectivity index (χ0) is 15.0. The van der Waals surface area contributed by atoms with Gasteiger partial charge in [-0.05, 0) is 49.6 Å². The molecule has 1 unspecified atom stereocenters. The van der Waals surface area contributed by atoms with E-state index in [-0.39, 0.29) is 0 Å². The van der Waals surface area contributed by atoms with Crippen LogP contribution in [-0.2, 0) is 16.6 Å². The van der Waals surface area contributed by atoms with Crippen LogP contribution in [0.1, 0.15) is 24.0 Å². The molecule has 116 valence electrons. The molecular formula is C15H23N3O2S. The van der Waals surface area contributed by atoms with E-state index in [2.05, 4.69) is 4.90 Å². The Morgan fingerprint density at radius 2 is 2.10 bits per heavy atom. The summed E-state index contributed by atoms with van der Waals surface area (Å²) >= 11 is 0. The molecule has 2 aliphatic rings. The van der Waals surface area contributed by atoms with Gasteiger partial charge in [-0.2, -0.15) is 4.31 Å². The number of benzene rings is 1. The van der Waals surface area contributed by atoms with Crippen molar-refractivity contribution in [1.82, 2.24) is 9.21 Å². The van der Waals surface area contributed by atoms with Crippen LogP contribution in [-0.4, -0.2) is 49.8 Å². The summed E-state index contributed by atoms with van der Waals surface area (Å²) in [5.74, 6) is 0. The van der Waals surface area contributed by atoms with Crippen molar-refractivity contribution in [3.05, 3.63) is 29.3 Å². The van der Waals surface area contributed by atoms with Gasteiger partial charge in [-0.1, -0.05) is 6.07 Å². The first-order valence-corrected chi connectivity index (χ1v) is 9.00. The van der Waals surface area contributed by atoms with Gasteiger partial charge in [0.05, 0.1) is 4.90 Å². The van der Waals surface area contributed by atoms with E-state index in [1.54, 1.807) is 16.4 Å². The largest absolute Gasteiger partial charge is 0.326 e. The van der Waals surface area contributed by atoms with E-state index < -0.39 is 10.0 Å². The van der Waals surface area contributed by atoms with E-state index in [4.69, 9.17) is 5.73 Å². The van der Waals surface area contributed by atoms with Crippen molar-refractivity contribution in [2.24, 2.45) is 5.73 Å². The highest BCUT2D eigenvalue weighted by Gasteiger charge is 2.36. The molecule has 0 amide bonds. The lowest BCUT2D eigenvalue weighted by molar-refractivity contribution is 0.158. The van der Waals surface area contributed by atoms with Crippen molar-refractivity contribution in [1.29, 1.82) is 0 Å². The number of rotatable bonds is 3. The second kappa shape index (κ2) is 5.68.